The van der Waals surface area contributed by atoms with E-state index in [2.05, 4.69) is 30.1 Å². The fraction of sp³-hybridized carbons (Fsp3) is 0.524. The van der Waals surface area contributed by atoms with Gasteiger partial charge in [0.15, 0.2) is 0 Å². The number of nitrogens with zero attached hydrogens (tertiary/aromatic N) is 3. The van der Waals surface area contributed by atoms with Crippen LogP contribution in [0.25, 0.3) is 11.7 Å². The second-order valence-electron chi connectivity index (χ2n) is 6.83. The topological polar surface area (TPSA) is 69.9 Å². The minimum absolute atomic E-state index is 0.544. The van der Waals surface area contributed by atoms with E-state index in [1.807, 2.05) is 18.3 Å². The molecule has 27 heavy (non-hydrogen) atoms. The molecule has 2 rings (SSSR count). The summed E-state index contributed by atoms with van der Waals surface area (Å²) < 4.78 is 2.17. The van der Waals surface area contributed by atoms with Gasteiger partial charge in [0.05, 0.1) is 11.4 Å². The Hall–Kier alpha value is -2.18. The van der Waals surface area contributed by atoms with Crippen molar-refractivity contribution in [3.8, 4) is 0 Å². The van der Waals surface area contributed by atoms with Gasteiger partial charge in [0, 0.05) is 18.8 Å². The van der Waals surface area contributed by atoms with Crippen LogP contribution in [0, 0.1) is 0 Å². The summed E-state index contributed by atoms with van der Waals surface area (Å²) >= 11 is 0. The predicted molar refractivity (Wildman–Crippen MR) is 109 cm³/mol. The quantitative estimate of drug-likeness (QED) is 0.357. The molecule has 0 radical (unpaired) electrons. The summed E-state index contributed by atoms with van der Waals surface area (Å²) in [5, 5.41) is 8.60. The molecule has 0 atom stereocenters. The molecule has 0 unspecified atom stereocenters. The van der Waals surface area contributed by atoms with Crippen LogP contribution in [0.15, 0.2) is 24.4 Å². The molecule has 0 fully saturated rings. The summed E-state index contributed by atoms with van der Waals surface area (Å²) in [5.41, 5.74) is 5.81. The number of amides is 1. The molecule has 0 aliphatic heterocycles. The Morgan fingerprint density at radius 2 is 2.07 bits per heavy atom. The molecule has 2 aromatic rings. The van der Waals surface area contributed by atoms with Gasteiger partial charge < -0.3 is 4.40 Å². The number of hydrogen-bond acceptors (Lipinski definition) is 4. The Balaban J connectivity index is 2.34. The van der Waals surface area contributed by atoms with Gasteiger partial charge in [0.25, 0.3) is 5.91 Å². The minimum atomic E-state index is -0.544. The van der Waals surface area contributed by atoms with E-state index < -0.39 is 5.91 Å². The van der Waals surface area contributed by atoms with Gasteiger partial charge in [-0.3, -0.25) is 14.9 Å². The molecule has 6 nitrogen and oxygen atoms in total. The van der Waals surface area contributed by atoms with Crippen molar-refractivity contribution in [2.24, 2.45) is 0 Å². The summed E-state index contributed by atoms with van der Waals surface area (Å²) in [4.78, 5) is 18.5. The number of nitrogens with one attached hydrogen (secondary N) is 1. The highest BCUT2D eigenvalue weighted by molar-refractivity contribution is 5.90. The van der Waals surface area contributed by atoms with Gasteiger partial charge in [-0.1, -0.05) is 33.6 Å². The highest BCUT2D eigenvalue weighted by Gasteiger charge is 2.15. The maximum Gasteiger partial charge on any atom is 0.267 e. The van der Waals surface area contributed by atoms with E-state index >= 15 is 0 Å². The number of rotatable bonds is 11. The fourth-order valence-corrected chi connectivity index (χ4v) is 3.13. The number of aromatic nitrogens is 2. The Morgan fingerprint density at radius 1 is 1.30 bits per heavy atom. The van der Waals surface area contributed by atoms with Crippen LogP contribution < -0.4 is 5.48 Å². The molecule has 0 aliphatic carbocycles. The number of carbonyl (C=O) groups excluding carboxylic acids is 1. The monoisotopic (exact) mass is 372 g/mol. The zero-order valence-corrected chi connectivity index (χ0v) is 16.7. The van der Waals surface area contributed by atoms with Gasteiger partial charge in [-0.2, -0.15) is 0 Å². The van der Waals surface area contributed by atoms with Crippen molar-refractivity contribution in [2.75, 3.05) is 13.1 Å². The number of hydroxylamine groups is 1. The summed E-state index contributed by atoms with van der Waals surface area (Å²) in [7, 11) is 0. The lowest BCUT2D eigenvalue weighted by Crippen LogP contribution is -2.25. The highest BCUT2D eigenvalue weighted by atomic mass is 16.5. The van der Waals surface area contributed by atoms with Gasteiger partial charge >= 0.3 is 0 Å². The van der Waals surface area contributed by atoms with Crippen LogP contribution in [0.2, 0.25) is 0 Å². The zero-order chi connectivity index (χ0) is 19.6. The molecule has 2 heterocycles. The van der Waals surface area contributed by atoms with Crippen LogP contribution in [0.5, 0.6) is 0 Å². The lowest BCUT2D eigenvalue weighted by Gasteiger charge is -2.20. The first kappa shape index (κ1) is 21.1. The first-order chi connectivity index (χ1) is 13.1. The fourth-order valence-electron chi connectivity index (χ4n) is 3.13. The van der Waals surface area contributed by atoms with Crippen molar-refractivity contribution in [3.05, 3.63) is 41.4 Å². The second kappa shape index (κ2) is 10.8. The lowest BCUT2D eigenvalue weighted by atomic mass is 10.1. The molecule has 0 aromatic carbocycles. The number of hydrogen-bond donors (Lipinski definition) is 2. The Labute approximate surface area is 161 Å². The molecular formula is C21H32N4O2. The number of imidazole rings is 1. The van der Waals surface area contributed by atoms with Gasteiger partial charge in [0.1, 0.15) is 5.65 Å². The van der Waals surface area contributed by atoms with Gasteiger partial charge in [-0.25, -0.2) is 10.5 Å². The normalized spacial score (nSPS) is 11.7. The van der Waals surface area contributed by atoms with Crippen LogP contribution in [-0.4, -0.2) is 38.5 Å². The molecule has 148 valence electrons. The minimum Gasteiger partial charge on any atom is -0.302 e. The maximum absolute atomic E-state index is 11.2. The van der Waals surface area contributed by atoms with E-state index in [9.17, 15) is 4.79 Å². The number of fused-ring (bicyclic) bond motifs is 1. The summed E-state index contributed by atoms with van der Waals surface area (Å²) in [6.45, 7) is 9.66. The molecular weight excluding hydrogens is 340 g/mol. The van der Waals surface area contributed by atoms with Crippen LogP contribution in [0.1, 0.15) is 63.4 Å². The highest BCUT2D eigenvalue weighted by Crippen LogP contribution is 2.19. The predicted octanol–water partition coefficient (Wildman–Crippen LogP) is 3.82. The first-order valence-corrected chi connectivity index (χ1v) is 9.97. The van der Waals surface area contributed by atoms with Crippen molar-refractivity contribution >= 4 is 17.6 Å². The molecule has 0 bridgehead atoms. The molecule has 2 N–H and O–H groups in total. The summed E-state index contributed by atoms with van der Waals surface area (Å²) in [5.74, 6) is -0.544. The number of aryl methyl sites for hydroxylation is 1. The maximum atomic E-state index is 11.2. The van der Waals surface area contributed by atoms with E-state index in [1.54, 1.807) is 11.6 Å². The number of unbranched alkanes of at least 4 members (excludes halogenated alkanes) is 2. The smallest absolute Gasteiger partial charge is 0.267 e. The van der Waals surface area contributed by atoms with Crippen molar-refractivity contribution in [1.29, 1.82) is 0 Å². The Kier molecular flexibility index (Phi) is 8.48. The second-order valence-corrected chi connectivity index (χ2v) is 6.83. The molecule has 0 saturated heterocycles. The molecule has 0 aliphatic rings. The summed E-state index contributed by atoms with van der Waals surface area (Å²) in [6, 6.07) is 3.94. The number of carbonyl (C=O) groups is 1. The van der Waals surface area contributed by atoms with E-state index in [4.69, 9.17) is 10.2 Å². The molecule has 6 heteroatoms. The third kappa shape index (κ3) is 5.91. The number of pyridine rings is 1. The molecule has 0 spiro atoms. The van der Waals surface area contributed by atoms with Crippen molar-refractivity contribution in [1.82, 2.24) is 19.8 Å². The molecule has 0 saturated carbocycles. The van der Waals surface area contributed by atoms with Gasteiger partial charge in [-0.15, -0.1) is 0 Å². The van der Waals surface area contributed by atoms with Gasteiger partial charge in [0.2, 0.25) is 0 Å². The van der Waals surface area contributed by atoms with Crippen molar-refractivity contribution < 1.29 is 10.0 Å². The third-order valence-corrected chi connectivity index (χ3v) is 4.79. The van der Waals surface area contributed by atoms with Crippen LogP contribution in [-0.2, 0) is 17.8 Å². The van der Waals surface area contributed by atoms with E-state index in [-0.39, 0.29) is 0 Å². The van der Waals surface area contributed by atoms with Crippen LogP contribution in [0.4, 0.5) is 0 Å². The van der Waals surface area contributed by atoms with E-state index in [0.29, 0.717) is 0 Å². The average molecular weight is 373 g/mol. The van der Waals surface area contributed by atoms with Crippen LogP contribution in [0.3, 0.4) is 0 Å². The standard InChI is InChI=1S/C21H32N4O2/c1-4-7-9-18-19(16-24(6-3)13-8-5-2)25-14-12-17(15-20(25)22-18)10-11-21(26)23-27/h10-12,14-15,27H,4-9,13,16H2,1-3H3,(H,23,26)/b11-10+. The van der Waals surface area contributed by atoms with Crippen molar-refractivity contribution in [3.63, 3.8) is 0 Å². The van der Waals surface area contributed by atoms with Crippen LogP contribution >= 0.6 is 0 Å². The third-order valence-electron chi connectivity index (χ3n) is 4.79. The first-order valence-electron chi connectivity index (χ1n) is 9.97. The lowest BCUT2D eigenvalue weighted by molar-refractivity contribution is -0.124. The average Bonchev–Trinajstić information content (AvgIpc) is 3.03. The summed E-state index contributed by atoms with van der Waals surface area (Å²) in [6.07, 6.45) is 10.7. The van der Waals surface area contributed by atoms with E-state index in [1.165, 1.54) is 30.3 Å². The Morgan fingerprint density at radius 3 is 2.74 bits per heavy atom. The molecule has 2 aromatic heterocycles. The van der Waals surface area contributed by atoms with Crippen molar-refractivity contribution in [2.45, 2.75) is 59.4 Å². The zero-order valence-electron chi connectivity index (χ0n) is 16.7. The SMILES string of the molecule is CCCCc1nc2cc(/C=C/C(=O)NO)ccn2c1CN(CC)CCCC. The largest absolute Gasteiger partial charge is 0.302 e. The molecule has 1 amide bonds. The van der Waals surface area contributed by atoms with E-state index in [0.717, 1.165) is 50.1 Å². The Bertz CT molecular complexity index is 767. The van der Waals surface area contributed by atoms with Gasteiger partial charge in [-0.05, 0) is 56.1 Å².